The van der Waals surface area contributed by atoms with Crippen LogP contribution in [0, 0.1) is 0 Å². The molecule has 0 atom stereocenters. The molecule has 3 heterocycles. The summed E-state index contributed by atoms with van der Waals surface area (Å²) >= 11 is 5.22. The monoisotopic (exact) mass is 350 g/mol. The SMILES string of the molecule is CN(CCc1ccccn1)c1nc2sccn2c1CBr. The van der Waals surface area contributed by atoms with Crippen LogP contribution in [0.25, 0.3) is 4.96 Å². The Balaban J connectivity index is 1.78. The van der Waals surface area contributed by atoms with Gasteiger partial charge in [-0.1, -0.05) is 22.0 Å². The van der Waals surface area contributed by atoms with Crippen molar-refractivity contribution in [3.05, 3.63) is 47.4 Å². The fourth-order valence-corrected chi connectivity index (χ4v) is 3.43. The molecule has 0 aliphatic rings. The first-order valence-electron chi connectivity index (χ1n) is 6.41. The van der Waals surface area contributed by atoms with E-state index in [9.17, 15) is 0 Å². The zero-order chi connectivity index (χ0) is 13.9. The Labute approximate surface area is 130 Å². The number of hydrogen-bond acceptors (Lipinski definition) is 4. The van der Waals surface area contributed by atoms with Crippen molar-refractivity contribution in [2.45, 2.75) is 11.8 Å². The highest BCUT2D eigenvalue weighted by Gasteiger charge is 2.15. The summed E-state index contributed by atoms with van der Waals surface area (Å²) in [5.74, 6) is 1.05. The minimum Gasteiger partial charge on any atom is -0.358 e. The van der Waals surface area contributed by atoms with E-state index in [1.165, 1.54) is 5.69 Å². The summed E-state index contributed by atoms with van der Waals surface area (Å²) in [5, 5.41) is 2.86. The van der Waals surface area contributed by atoms with Gasteiger partial charge in [-0.2, -0.15) is 0 Å². The summed E-state index contributed by atoms with van der Waals surface area (Å²) < 4.78 is 2.14. The second-order valence-corrected chi connectivity index (χ2v) is 6.00. The van der Waals surface area contributed by atoms with Gasteiger partial charge in [0.25, 0.3) is 0 Å². The number of halogens is 1. The van der Waals surface area contributed by atoms with Gasteiger partial charge in [-0.15, -0.1) is 11.3 Å². The van der Waals surface area contributed by atoms with Crippen LogP contribution < -0.4 is 4.90 Å². The van der Waals surface area contributed by atoms with Crippen molar-refractivity contribution in [1.29, 1.82) is 0 Å². The first-order valence-corrected chi connectivity index (χ1v) is 8.41. The molecule has 3 aromatic rings. The highest BCUT2D eigenvalue weighted by Crippen LogP contribution is 2.25. The molecule has 0 saturated carbocycles. The van der Waals surface area contributed by atoms with Crippen LogP contribution >= 0.6 is 27.3 Å². The van der Waals surface area contributed by atoms with Gasteiger partial charge >= 0.3 is 0 Å². The highest BCUT2D eigenvalue weighted by molar-refractivity contribution is 9.08. The molecule has 0 aliphatic carbocycles. The van der Waals surface area contributed by atoms with Gasteiger partial charge in [-0.25, -0.2) is 4.98 Å². The molecule has 6 heteroatoms. The van der Waals surface area contributed by atoms with Gasteiger partial charge in [0.15, 0.2) is 10.8 Å². The van der Waals surface area contributed by atoms with Crippen molar-refractivity contribution in [2.24, 2.45) is 0 Å². The van der Waals surface area contributed by atoms with Gasteiger partial charge in [0.1, 0.15) is 0 Å². The Bertz CT molecular complexity index is 692. The number of likely N-dealkylation sites (N-methyl/N-ethyl adjacent to an activating group) is 1. The van der Waals surface area contributed by atoms with E-state index in [4.69, 9.17) is 4.98 Å². The van der Waals surface area contributed by atoms with Crippen LogP contribution in [0.4, 0.5) is 5.82 Å². The molecule has 0 fully saturated rings. The Morgan fingerprint density at radius 2 is 2.30 bits per heavy atom. The lowest BCUT2D eigenvalue weighted by molar-refractivity contribution is 0.838. The molecule has 0 aliphatic heterocycles. The van der Waals surface area contributed by atoms with E-state index in [2.05, 4.69) is 54.9 Å². The molecule has 0 bridgehead atoms. The molecule has 0 unspecified atom stereocenters. The van der Waals surface area contributed by atoms with E-state index in [-0.39, 0.29) is 0 Å². The molecular weight excluding hydrogens is 336 g/mol. The van der Waals surface area contributed by atoms with Crippen LogP contribution in [-0.4, -0.2) is 28.0 Å². The lowest BCUT2D eigenvalue weighted by Gasteiger charge is -2.17. The fourth-order valence-electron chi connectivity index (χ4n) is 2.19. The summed E-state index contributed by atoms with van der Waals surface area (Å²) in [4.78, 5) is 12.3. The maximum Gasteiger partial charge on any atom is 0.195 e. The third-order valence-electron chi connectivity index (χ3n) is 3.26. The second kappa shape index (κ2) is 5.93. The number of thiazole rings is 1. The van der Waals surface area contributed by atoms with E-state index >= 15 is 0 Å². The van der Waals surface area contributed by atoms with Gasteiger partial charge in [0.2, 0.25) is 0 Å². The predicted octanol–water partition coefficient (Wildman–Crippen LogP) is 3.36. The van der Waals surface area contributed by atoms with Crippen molar-refractivity contribution in [2.75, 3.05) is 18.5 Å². The van der Waals surface area contributed by atoms with E-state index in [1.54, 1.807) is 11.3 Å². The van der Waals surface area contributed by atoms with Crippen LogP contribution in [0.1, 0.15) is 11.4 Å². The van der Waals surface area contributed by atoms with Crippen molar-refractivity contribution in [1.82, 2.24) is 14.4 Å². The summed E-state index contributed by atoms with van der Waals surface area (Å²) in [7, 11) is 2.08. The number of alkyl halides is 1. The number of hydrogen-bond donors (Lipinski definition) is 0. The first kappa shape index (κ1) is 13.6. The Kier molecular flexibility index (Phi) is 4.03. The smallest absolute Gasteiger partial charge is 0.195 e. The van der Waals surface area contributed by atoms with Gasteiger partial charge in [-0.3, -0.25) is 9.38 Å². The average Bonchev–Trinajstić information content (AvgIpc) is 3.06. The van der Waals surface area contributed by atoms with Gasteiger partial charge < -0.3 is 4.90 Å². The first-order chi connectivity index (χ1) is 9.79. The van der Waals surface area contributed by atoms with Crippen LogP contribution in [0.2, 0.25) is 0 Å². The maximum absolute atomic E-state index is 4.71. The number of fused-ring (bicyclic) bond motifs is 1. The van der Waals surface area contributed by atoms with Gasteiger partial charge in [-0.05, 0) is 12.1 Å². The molecule has 20 heavy (non-hydrogen) atoms. The number of anilines is 1. The number of rotatable bonds is 5. The number of pyridine rings is 1. The Morgan fingerprint density at radius 1 is 1.40 bits per heavy atom. The van der Waals surface area contributed by atoms with E-state index in [1.807, 2.05) is 18.3 Å². The molecule has 0 spiro atoms. The molecule has 0 saturated heterocycles. The van der Waals surface area contributed by atoms with E-state index < -0.39 is 0 Å². The standard InChI is InChI=1S/C14H15BrN4S/c1-18(7-5-11-4-2-3-6-16-11)13-12(10-15)19-8-9-20-14(19)17-13/h2-4,6,8-9H,5,7,10H2,1H3. The predicted molar refractivity (Wildman–Crippen MR) is 86.9 cm³/mol. The van der Waals surface area contributed by atoms with Crippen molar-refractivity contribution in [3.8, 4) is 0 Å². The molecule has 104 valence electrons. The van der Waals surface area contributed by atoms with E-state index in [0.29, 0.717) is 0 Å². The van der Waals surface area contributed by atoms with Gasteiger partial charge in [0.05, 0.1) is 5.69 Å². The van der Waals surface area contributed by atoms with Gasteiger partial charge in [0, 0.05) is 48.8 Å². The lowest BCUT2D eigenvalue weighted by atomic mass is 10.2. The van der Waals surface area contributed by atoms with Crippen LogP contribution in [0.5, 0.6) is 0 Å². The Morgan fingerprint density at radius 3 is 3.05 bits per heavy atom. The van der Waals surface area contributed by atoms with Crippen LogP contribution in [-0.2, 0) is 11.8 Å². The number of nitrogens with zero attached hydrogens (tertiary/aromatic N) is 4. The third kappa shape index (κ3) is 2.58. The molecular formula is C14H15BrN4S. The van der Waals surface area contributed by atoms with Crippen LogP contribution in [0.15, 0.2) is 36.0 Å². The Hall–Kier alpha value is -1.40. The zero-order valence-electron chi connectivity index (χ0n) is 11.2. The van der Waals surface area contributed by atoms with Crippen molar-refractivity contribution < 1.29 is 0 Å². The number of aromatic nitrogens is 3. The highest BCUT2D eigenvalue weighted by atomic mass is 79.9. The van der Waals surface area contributed by atoms with Crippen LogP contribution in [0.3, 0.4) is 0 Å². The third-order valence-corrected chi connectivity index (χ3v) is 4.55. The topological polar surface area (TPSA) is 33.4 Å². The zero-order valence-corrected chi connectivity index (χ0v) is 13.6. The quantitative estimate of drug-likeness (QED) is 0.661. The minimum atomic E-state index is 0.800. The minimum absolute atomic E-state index is 0.800. The average molecular weight is 351 g/mol. The van der Waals surface area contributed by atoms with Crippen molar-refractivity contribution in [3.63, 3.8) is 0 Å². The molecule has 3 rings (SSSR count). The van der Waals surface area contributed by atoms with E-state index in [0.717, 1.165) is 34.8 Å². The molecule has 0 amide bonds. The molecule has 3 aromatic heterocycles. The molecule has 4 nitrogen and oxygen atoms in total. The van der Waals surface area contributed by atoms with Crippen molar-refractivity contribution >= 4 is 38.0 Å². The lowest BCUT2D eigenvalue weighted by Crippen LogP contribution is -2.22. The summed E-state index contributed by atoms with van der Waals surface area (Å²) in [6.45, 7) is 0.905. The summed E-state index contributed by atoms with van der Waals surface area (Å²) in [5.41, 5.74) is 2.31. The summed E-state index contributed by atoms with van der Waals surface area (Å²) in [6.07, 6.45) is 4.83. The molecule has 0 radical (unpaired) electrons. The fraction of sp³-hybridized carbons (Fsp3) is 0.286. The molecule has 0 aromatic carbocycles. The summed E-state index contributed by atoms with van der Waals surface area (Å²) in [6, 6.07) is 6.03. The molecule has 0 N–H and O–H groups in total. The number of imidazole rings is 1. The normalized spacial score (nSPS) is 11.1. The second-order valence-electron chi connectivity index (χ2n) is 4.56. The maximum atomic E-state index is 4.71. The largest absolute Gasteiger partial charge is 0.358 e.